The van der Waals surface area contributed by atoms with Crippen LogP contribution in [0, 0.1) is 6.92 Å². The summed E-state index contributed by atoms with van der Waals surface area (Å²) in [6, 6.07) is 20.6. The highest BCUT2D eigenvalue weighted by molar-refractivity contribution is 6.08. The van der Waals surface area contributed by atoms with Gasteiger partial charge in [0, 0.05) is 5.56 Å². The number of allylic oxidation sites excluding steroid dienone is 1. The molecule has 0 unspecified atom stereocenters. The van der Waals surface area contributed by atoms with E-state index in [1.165, 1.54) is 17.2 Å². The highest BCUT2D eigenvalue weighted by atomic mass is 16.4. The minimum Gasteiger partial charge on any atom is -0.478 e. The molecule has 1 aliphatic carbocycles. The van der Waals surface area contributed by atoms with Crippen LogP contribution in [0.15, 0.2) is 72.8 Å². The third kappa shape index (κ3) is 4.02. The Morgan fingerprint density at radius 2 is 1.68 bits per heavy atom. The minimum absolute atomic E-state index is 0.0333. The molecule has 0 heterocycles. The lowest BCUT2D eigenvalue weighted by Gasteiger charge is -2.32. The highest BCUT2D eigenvalue weighted by Gasteiger charge is 2.29. The number of amides is 1. The fourth-order valence-corrected chi connectivity index (χ4v) is 4.06. The highest BCUT2D eigenvalue weighted by Crippen LogP contribution is 2.41. The maximum Gasteiger partial charge on any atom is 0.337 e. The number of hydrogen-bond acceptors (Lipinski definition) is 2. The van der Waals surface area contributed by atoms with E-state index < -0.39 is 5.97 Å². The third-order valence-corrected chi connectivity index (χ3v) is 5.89. The summed E-state index contributed by atoms with van der Waals surface area (Å²) in [5, 5.41) is 12.1. The molecule has 3 aromatic rings. The zero-order valence-corrected chi connectivity index (χ0v) is 17.9. The molecule has 0 aromatic heterocycles. The number of anilines is 1. The SMILES string of the molecule is Cc1ccc(C2=CCC(C)(C)c3ccc(C(=O)Nc4ccccc4C(=O)O)cc32)cc1. The van der Waals surface area contributed by atoms with Gasteiger partial charge < -0.3 is 10.4 Å². The van der Waals surface area contributed by atoms with Crippen molar-refractivity contribution in [3.8, 4) is 0 Å². The summed E-state index contributed by atoms with van der Waals surface area (Å²) in [6.07, 6.45) is 3.16. The Bertz CT molecular complexity index is 1200. The van der Waals surface area contributed by atoms with E-state index in [0.717, 1.165) is 23.1 Å². The molecule has 3 aromatic carbocycles. The van der Waals surface area contributed by atoms with Gasteiger partial charge in [-0.3, -0.25) is 4.79 Å². The Morgan fingerprint density at radius 3 is 2.39 bits per heavy atom. The predicted octanol–water partition coefficient (Wildman–Crippen LogP) is 6.06. The van der Waals surface area contributed by atoms with Gasteiger partial charge in [0.2, 0.25) is 0 Å². The quantitative estimate of drug-likeness (QED) is 0.548. The van der Waals surface area contributed by atoms with Crippen molar-refractivity contribution in [3.63, 3.8) is 0 Å². The lowest BCUT2D eigenvalue weighted by molar-refractivity contribution is 0.0698. The van der Waals surface area contributed by atoms with Crippen molar-refractivity contribution in [2.24, 2.45) is 0 Å². The smallest absolute Gasteiger partial charge is 0.337 e. The summed E-state index contributed by atoms with van der Waals surface area (Å²) in [7, 11) is 0. The van der Waals surface area contributed by atoms with E-state index in [2.05, 4.69) is 56.4 Å². The summed E-state index contributed by atoms with van der Waals surface area (Å²) in [6.45, 7) is 6.47. The molecule has 0 saturated carbocycles. The average Bonchev–Trinajstić information content (AvgIpc) is 2.74. The zero-order chi connectivity index (χ0) is 22.2. The molecule has 0 atom stereocenters. The van der Waals surface area contributed by atoms with E-state index in [4.69, 9.17) is 0 Å². The number of carboxylic acid groups (broad SMARTS) is 1. The third-order valence-electron chi connectivity index (χ3n) is 5.89. The number of aromatic carboxylic acids is 1. The standard InChI is InChI=1S/C27H25NO3/c1-17-8-10-18(11-9-17)20-14-15-27(2,3)23-13-12-19(16-22(20)23)25(29)28-24-7-5-4-6-21(24)26(30)31/h4-14,16H,15H2,1-3H3,(H,28,29)(H,30,31). The van der Waals surface area contributed by atoms with Crippen molar-refractivity contribution in [2.45, 2.75) is 32.6 Å². The van der Waals surface area contributed by atoms with Crippen LogP contribution in [0.2, 0.25) is 0 Å². The summed E-state index contributed by atoms with van der Waals surface area (Å²) in [5.41, 5.74) is 6.50. The maximum absolute atomic E-state index is 13.0. The van der Waals surface area contributed by atoms with Crippen LogP contribution in [0.4, 0.5) is 5.69 Å². The number of hydrogen-bond donors (Lipinski definition) is 2. The fraction of sp³-hybridized carbons (Fsp3) is 0.185. The molecule has 4 rings (SSSR count). The summed E-state index contributed by atoms with van der Waals surface area (Å²) in [4.78, 5) is 24.5. The first kappa shape index (κ1) is 20.6. The Kier molecular flexibility index (Phi) is 5.24. The van der Waals surface area contributed by atoms with Gasteiger partial charge >= 0.3 is 5.97 Å². The van der Waals surface area contributed by atoms with Crippen molar-refractivity contribution in [3.05, 3.63) is 106 Å². The van der Waals surface area contributed by atoms with Gasteiger partial charge in [0.25, 0.3) is 5.91 Å². The number of nitrogens with one attached hydrogen (secondary N) is 1. The summed E-state index contributed by atoms with van der Waals surface area (Å²) in [5.74, 6) is -1.41. The molecule has 1 aliphatic rings. The van der Waals surface area contributed by atoms with E-state index in [1.807, 2.05) is 18.2 Å². The van der Waals surface area contributed by atoms with Gasteiger partial charge in [-0.25, -0.2) is 4.79 Å². The molecule has 4 heteroatoms. The molecule has 4 nitrogen and oxygen atoms in total. The molecule has 2 N–H and O–H groups in total. The number of fused-ring (bicyclic) bond motifs is 1. The Balaban J connectivity index is 1.73. The monoisotopic (exact) mass is 411 g/mol. The van der Waals surface area contributed by atoms with Crippen LogP contribution >= 0.6 is 0 Å². The first-order valence-corrected chi connectivity index (χ1v) is 10.3. The lowest BCUT2D eigenvalue weighted by Crippen LogP contribution is -2.23. The van der Waals surface area contributed by atoms with Crippen LogP contribution in [-0.2, 0) is 5.41 Å². The molecule has 0 aliphatic heterocycles. The number of benzene rings is 3. The first-order chi connectivity index (χ1) is 14.8. The second-order valence-electron chi connectivity index (χ2n) is 8.64. The molecule has 31 heavy (non-hydrogen) atoms. The topological polar surface area (TPSA) is 66.4 Å². The number of carbonyl (C=O) groups excluding carboxylic acids is 1. The van der Waals surface area contributed by atoms with Gasteiger partial charge in [0.05, 0.1) is 11.3 Å². The number of rotatable bonds is 4. The van der Waals surface area contributed by atoms with Crippen molar-refractivity contribution in [1.82, 2.24) is 0 Å². The molecule has 0 bridgehead atoms. The Hall–Kier alpha value is -3.66. The average molecular weight is 412 g/mol. The van der Waals surface area contributed by atoms with Gasteiger partial charge in [-0.2, -0.15) is 0 Å². The van der Waals surface area contributed by atoms with E-state index in [1.54, 1.807) is 18.2 Å². The van der Waals surface area contributed by atoms with Gasteiger partial charge in [0.1, 0.15) is 0 Å². The molecule has 1 amide bonds. The Labute approximate surface area is 182 Å². The second kappa shape index (κ2) is 7.88. The summed E-state index contributed by atoms with van der Waals surface area (Å²) < 4.78 is 0. The normalized spacial score (nSPS) is 14.4. The maximum atomic E-state index is 13.0. The van der Waals surface area contributed by atoms with E-state index >= 15 is 0 Å². The van der Waals surface area contributed by atoms with Crippen LogP contribution in [0.3, 0.4) is 0 Å². The van der Waals surface area contributed by atoms with Crippen LogP contribution in [0.5, 0.6) is 0 Å². The van der Waals surface area contributed by atoms with E-state index in [9.17, 15) is 14.7 Å². The van der Waals surface area contributed by atoms with Crippen molar-refractivity contribution < 1.29 is 14.7 Å². The van der Waals surface area contributed by atoms with E-state index in [-0.39, 0.29) is 22.6 Å². The van der Waals surface area contributed by atoms with Crippen LogP contribution in [-0.4, -0.2) is 17.0 Å². The zero-order valence-electron chi connectivity index (χ0n) is 17.9. The van der Waals surface area contributed by atoms with Gasteiger partial charge in [-0.05, 0) is 65.3 Å². The van der Waals surface area contributed by atoms with Crippen molar-refractivity contribution in [2.75, 3.05) is 5.32 Å². The van der Waals surface area contributed by atoms with Crippen molar-refractivity contribution in [1.29, 1.82) is 0 Å². The van der Waals surface area contributed by atoms with Crippen LogP contribution in [0.25, 0.3) is 5.57 Å². The molecule has 0 saturated heterocycles. The number of carbonyl (C=O) groups is 2. The van der Waals surface area contributed by atoms with E-state index in [0.29, 0.717) is 5.56 Å². The largest absolute Gasteiger partial charge is 0.478 e. The van der Waals surface area contributed by atoms with Crippen molar-refractivity contribution >= 4 is 23.1 Å². The molecular weight excluding hydrogens is 386 g/mol. The lowest BCUT2D eigenvalue weighted by atomic mass is 9.72. The van der Waals surface area contributed by atoms with Gasteiger partial charge in [0.15, 0.2) is 0 Å². The van der Waals surface area contributed by atoms with Gasteiger partial charge in [-0.15, -0.1) is 0 Å². The van der Waals surface area contributed by atoms with Crippen LogP contribution < -0.4 is 5.32 Å². The number of carboxylic acids is 1. The minimum atomic E-state index is -1.08. The molecule has 156 valence electrons. The molecule has 0 spiro atoms. The summed E-state index contributed by atoms with van der Waals surface area (Å²) >= 11 is 0. The molecule has 0 fully saturated rings. The number of aryl methyl sites for hydroxylation is 1. The molecule has 0 radical (unpaired) electrons. The second-order valence-corrected chi connectivity index (χ2v) is 8.64. The molecular formula is C27H25NO3. The fourth-order valence-electron chi connectivity index (χ4n) is 4.06. The number of para-hydroxylation sites is 1. The first-order valence-electron chi connectivity index (χ1n) is 10.3. The Morgan fingerprint density at radius 1 is 0.968 bits per heavy atom. The van der Waals surface area contributed by atoms with Crippen LogP contribution in [0.1, 0.15) is 63.2 Å². The van der Waals surface area contributed by atoms with Gasteiger partial charge in [-0.1, -0.05) is 68.0 Å². The predicted molar refractivity (Wildman–Crippen MR) is 124 cm³/mol.